The van der Waals surface area contributed by atoms with E-state index in [0.29, 0.717) is 24.5 Å². The quantitative estimate of drug-likeness (QED) is 0.433. The molecule has 2 atom stereocenters. The number of H-pyrrole nitrogens is 1. The number of methoxy groups -OCH3 is 1. The van der Waals surface area contributed by atoms with Crippen molar-refractivity contribution < 1.29 is 14.3 Å². The van der Waals surface area contributed by atoms with Crippen LogP contribution in [0.1, 0.15) is 25.2 Å². The van der Waals surface area contributed by atoms with Gasteiger partial charge in [0.2, 0.25) is 0 Å². The molecule has 2 heterocycles. The SMILES string of the molecule is COc1ccc(O[C@H](C)C(=O)N[C@H](CCn2ccnc2)c2nc3ccccc3[nH]2)cc1. The van der Waals surface area contributed by atoms with E-state index >= 15 is 0 Å². The van der Waals surface area contributed by atoms with Crippen LogP contribution < -0.4 is 14.8 Å². The Labute approximate surface area is 180 Å². The lowest BCUT2D eigenvalue weighted by Crippen LogP contribution is -2.39. The maximum atomic E-state index is 12.9. The maximum absolute atomic E-state index is 12.9. The number of carbonyl (C=O) groups excluding carboxylic acids is 1. The van der Waals surface area contributed by atoms with Crippen LogP contribution >= 0.6 is 0 Å². The van der Waals surface area contributed by atoms with Gasteiger partial charge in [-0.3, -0.25) is 4.79 Å². The van der Waals surface area contributed by atoms with E-state index in [1.54, 1.807) is 50.8 Å². The third-order valence-corrected chi connectivity index (χ3v) is 5.03. The summed E-state index contributed by atoms with van der Waals surface area (Å²) >= 11 is 0. The monoisotopic (exact) mass is 419 g/mol. The molecular weight excluding hydrogens is 394 g/mol. The van der Waals surface area contributed by atoms with Crippen molar-refractivity contribution in [3.63, 3.8) is 0 Å². The molecule has 2 N–H and O–H groups in total. The smallest absolute Gasteiger partial charge is 0.261 e. The zero-order valence-electron chi connectivity index (χ0n) is 17.5. The second-order valence-electron chi connectivity index (χ2n) is 7.23. The highest BCUT2D eigenvalue weighted by molar-refractivity contribution is 5.81. The summed E-state index contributed by atoms with van der Waals surface area (Å²) in [5.74, 6) is 1.83. The molecule has 0 fully saturated rings. The van der Waals surface area contributed by atoms with Crippen LogP contribution in [0, 0.1) is 0 Å². The molecule has 4 aromatic rings. The van der Waals surface area contributed by atoms with Gasteiger partial charge in [0, 0.05) is 18.9 Å². The highest BCUT2D eigenvalue weighted by atomic mass is 16.5. The summed E-state index contributed by atoms with van der Waals surface area (Å²) in [4.78, 5) is 25.0. The lowest BCUT2D eigenvalue weighted by molar-refractivity contribution is -0.128. The van der Waals surface area contributed by atoms with Crippen LogP contribution in [-0.2, 0) is 11.3 Å². The number of aromatic amines is 1. The molecule has 8 nitrogen and oxygen atoms in total. The van der Waals surface area contributed by atoms with E-state index in [-0.39, 0.29) is 11.9 Å². The fraction of sp³-hybridized carbons (Fsp3) is 0.261. The van der Waals surface area contributed by atoms with Gasteiger partial charge in [-0.1, -0.05) is 12.1 Å². The molecule has 0 aliphatic rings. The minimum Gasteiger partial charge on any atom is -0.497 e. The first-order valence-electron chi connectivity index (χ1n) is 10.1. The van der Waals surface area contributed by atoms with Crippen LogP contribution in [-0.4, -0.2) is 38.6 Å². The molecule has 4 rings (SSSR count). The van der Waals surface area contributed by atoms with Gasteiger partial charge in [0.15, 0.2) is 6.10 Å². The van der Waals surface area contributed by atoms with E-state index in [4.69, 9.17) is 9.47 Å². The Balaban J connectivity index is 1.47. The Bertz CT molecular complexity index is 1090. The Morgan fingerprint density at radius 3 is 2.65 bits per heavy atom. The van der Waals surface area contributed by atoms with Gasteiger partial charge in [0.25, 0.3) is 5.91 Å². The number of rotatable bonds is 9. The van der Waals surface area contributed by atoms with Crippen LogP contribution in [0.15, 0.2) is 67.3 Å². The normalized spacial score (nSPS) is 13.0. The van der Waals surface area contributed by atoms with Gasteiger partial charge in [0.05, 0.1) is 30.5 Å². The standard InChI is InChI=1S/C23H25N5O3/c1-16(31-18-9-7-17(30-2)8-10-18)23(29)27-21(11-13-28-14-12-24-15-28)22-25-19-5-3-4-6-20(19)26-22/h3-10,12,14-16,21H,11,13H2,1-2H3,(H,25,26)(H,27,29)/t16-,21-/m1/s1. The molecule has 31 heavy (non-hydrogen) atoms. The summed E-state index contributed by atoms with van der Waals surface area (Å²) in [6.07, 6.45) is 5.37. The predicted molar refractivity (Wildman–Crippen MR) is 117 cm³/mol. The first-order chi connectivity index (χ1) is 15.1. The number of fused-ring (bicyclic) bond motifs is 1. The molecule has 0 bridgehead atoms. The lowest BCUT2D eigenvalue weighted by Gasteiger charge is -2.20. The summed E-state index contributed by atoms with van der Waals surface area (Å²) in [6, 6.07) is 14.6. The highest BCUT2D eigenvalue weighted by Crippen LogP contribution is 2.21. The van der Waals surface area contributed by atoms with Crippen LogP contribution in [0.25, 0.3) is 11.0 Å². The number of aromatic nitrogens is 4. The van der Waals surface area contributed by atoms with Crippen molar-refractivity contribution in [2.24, 2.45) is 0 Å². The number of carbonyl (C=O) groups is 1. The Morgan fingerprint density at radius 1 is 1.16 bits per heavy atom. The molecule has 0 spiro atoms. The maximum Gasteiger partial charge on any atom is 0.261 e. The van der Waals surface area contributed by atoms with Crippen molar-refractivity contribution in [2.45, 2.75) is 32.0 Å². The minimum absolute atomic E-state index is 0.216. The van der Waals surface area contributed by atoms with Crippen LogP contribution in [0.2, 0.25) is 0 Å². The zero-order chi connectivity index (χ0) is 21.6. The molecule has 1 amide bonds. The number of aryl methyl sites for hydroxylation is 1. The van der Waals surface area contributed by atoms with Crippen molar-refractivity contribution in [3.8, 4) is 11.5 Å². The van der Waals surface area contributed by atoms with Gasteiger partial charge in [-0.05, 0) is 49.7 Å². The summed E-state index contributed by atoms with van der Waals surface area (Å²) in [5, 5.41) is 3.08. The van der Waals surface area contributed by atoms with Gasteiger partial charge in [0.1, 0.15) is 17.3 Å². The summed E-state index contributed by atoms with van der Waals surface area (Å²) in [6.45, 7) is 2.42. The number of imidazole rings is 2. The second kappa shape index (κ2) is 9.34. The van der Waals surface area contributed by atoms with Gasteiger partial charge in [-0.2, -0.15) is 0 Å². The van der Waals surface area contributed by atoms with Gasteiger partial charge >= 0.3 is 0 Å². The predicted octanol–water partition coefficient (Wildman–Crippen LogP) is 3.48. The largest absolute Gasteiger partial charge is 0.497 e. The number of hydrogen-bond donors (Lipinski definition) is 2. The molecule has 2 aromatic heterocycles. The Hall–Kier alpha value is -3.81. The number of hydrogen-bond acceptors (Lipinski definition) is 5. The first kappa shape index (κ1) is 20.5. The van der Waals surface area contributed by atoms with Crippen molar-refractivity contribution in [1.29, 1.82) is 0 Å². The lowest BCUT2D eigenvalue weighted by atomic mass is 10.1. The van der Waals surface area contributed by atoms with Crippen molar-refractivity contribution in [2.75, 3.05) is 7.11 Å². The fourth-order valence-electron chi connectivity index (χ4n) is 3.31. The number of nitrogens with one attached hydrogen (secondary N) is 2. The van der Waals surface area contributed by atoms with E-state index in [1.807, 2.05) is 35.0 Å². The molecule has 0 aliphatic heterocycles. The topological polar surface area (TPSA) is 94.1 Å². The summed E-state index contributed by atoms with van der Waals surface area (Å²) in [5.41, 5.74) is 1.80. The minimum atomic E-state index is -0.673. The highest BCUT2D eigenvalue weighted by Gasteiger charge is 2.23. The number of nitrogens with zero attached hydrogens (tertiary/aromatic N) is 3. The van der Waals surface area contributed by atoms with E-state index in [0.717, 1.165) is 16.8 Å². The Morgan fingerprint density at radius 2 is 1.94 bits per heavy atom. The van der Waals surface area contributed by atoms with E-state index in [9.17, 15) is 4.79 Å². The van der Waals surface area contributed by atoms with Crippen molar-refractivity contribution in [3.05, 3.63) is 73.1 Å². The van der Waals surface area contributed by atoms with Crippen molar-refractivity contribution >= 4 is 16.9 Å². The summed E-state index contributed by atoms with van der Waals surface area (Å²) < 4.78 is 12.9. The number of ether oxygens (including phenoxy) is 2. The van der Waals surface area contributed by atoms with Crippen LogP contribution in [0.3, 0.4) is 0 Å². The van der Waals surface area contributed by atoms with Crippen LogP contribution in [0.4, 0.5) is 0 Å². The molecule has 0 radical (unpaired) electrons. The molecule has 0 saturated carbocycles. The first-order valence-corrected chi connectivity index (χ1v) is 10.1. The molecule has 8 heteroatoms. The molecule has 0 aliphatic carbocycles. The molecule has 0 saturated heterocycles. The Kier molecular flexibility index (Phi) is 6.16. The number of para-hydroxylation sites is 2. The molecule has 160 valence electrons. The van der Waals surface area contributed by atoms with Gasteiger partial charge < -0.3 is 24.3 Å². The second-order valence-corrected chi connectivity index (χ2v) is 7.23. The molecular formula is C23H25N5O3. The van der Waals surface area contributed by atoms with Gasteiger partial charge in [-0.25, -0.2) is 9.97 Å². The average Bonchev–Trinajstić information content (AvgIpc) is 3.46. The number of amides is 1. The third kappa shape index (κ3) is 5.03. The van der Waals surface area contributed by atoms with Gasteiger partial charge in [-0.15, -0.1) is 0 Å². The van der Waals surface area contributed by atoms with E-state index in [2.05, 4.69) is 20.3 Å². The summed E-state index contributed by atoms with van der Waals surface area (Å²) in [7, 11) is 1.61. The third-order valence-electron chi connectivity index (χ3n) is 5.03. The average molecular weight is 419 g/mol. The number of benzene rings is 2. The molecule has 2 aromatic carbocycles. The molecule has 0 unspecified atom stereocenters. The van der Waals surface area contributed by atoms with E-state index < -0.39 is 6.10 Å². The zero-order valence-corrected chi connectivity index (χ0v) is 17.5. The van der Waals surface area contributed by atoms with Crippen LogP contribution in [0.5, 0.6) is 11.5 Å². The fourth-order valence-corrected chi connectivity index (χ4v) is 3.31. The van der Waals surface area contributed by atoms with E-state index in [1.165, 1.54) is 0 Å². The van der Waals surface area contributed by atoms with Crippen molar-refractivity contribution in [1.82, 2.24) is 24.8 Å².